The molecule has 1 aliphatic rings. The zero-order chi connectivity index (χ0) is 10.7. The van der Waals surface area contributed by atoms with Crippen LogP contribution < -0.4 is 5.73 Å². The molecule has 1 amide bonds. The van der Waals surface area contributed by atoms with Crippen molar-refractivity contribution in [1.29, 1.82) is 0 Å². The highest BCUT2D eigenvalue weighted by atomic mass is 19.1. The van der Waals surface area contributed by atoms with Crippen LogP contribution in [0.1, 0.15) is 27.2 Å². The summed E-state index contributed by atoms with van der Waals surface area (Å²) in [6, 6.07) is 0. The fourth-order valence-corrected chi connectivity index (χ4v) is 0.542. The van der Waals surface area contributed by atoms with E-state index in [1.165, 1.54) is 11.3 Å². The molecule has 0 radical (unpaired) electrons. The Labute approximate surface area is 80.1 Å². The van der Waals surface area contributed by atoms with E-state index in [0.717, 1.165) is 6.54 Å². The maximum atomic E-state index is 11.8. The molecule has 0 aromatic rings. The van der Waals surface area contributed by atoms with E-state index >= 15 is 0 Å². The second-order valence-corrected chi connectivity index (χ2v) is 2.77. The molecule has 1 heterocycles. The molecule has 80 valence electrons. The number of amides is 1. The van der Waals surface area contributed by atoms with Gasteiger partial charge in [-0.15, -0.1) is 0 Å². The van der Waals surface area contributed by atoms with Crippen molar-refractivity contribution in [2.75, 3.05) is 19.6 Å². The summed E-state index contributed by atoms with van der Waals surface area (Å²) in [5.74, 6) is 0. The number of rotatable bonds is 1. The van der Waals surface area contributed by atoms with E-state index in [1.807, 2.05) is 6.92 Å². The van der Waals surface area contributed by atoms with Crippen molar-refractivity contribution in [3.63, 3.8) is 0 Å². The minimum absolute atomic E-state index is 0.295. The van der Waals surface area contributed by atoms with Gasteiger partial charge in [0.25, 0.3) is 0 Å². The zero-order valence-electron chi connectivity index (χ0n) is 8.79. The summed E-state index contributed by atoms with van der Waals surface area (Å²) in [5, 5.41) is 0. The van der Waals surface area contributed by atoms with Gasteiger partial charge in [-0.05, 0) is 6.54 Å². The number of alkyl halides is 1. The minimum Gasteiger partial charge on any atom is -0.339 e. The number of carbonyl (C=O) groups excluding carboxylic acids is 1. The third-order valence-electron chi connectivity index (χ3n) is 1.01. The lowest BCUT2D eigenvalue weighted by Gasteiger charge is -2.29. The summed E-state index contributed by atoms with van der Waals surface area (Å²) in [4.78, 5) is 11.1. The summed E-state index contributed by atoms with van der Waals surface area (Å²) in [6.45, 7) is 7.49. The number of carbonyl (C=O) groups is 1. The molecule has 0 bridgehead atoms. The van der Waals surface area contributed by atoms with Crippen molar-refractivity contribution in [1.82, 2.24) is 4.90 Å². The van der Waals surface area contributed by atoms with Crippen molar-refractivity contribution in [3.8, 4) is 0 Å². The van der Waals surface area contributed by atoms with E-state index in [1.54, 1.807) is 0 Å². The van der Waals surface area contributed by atoms with Gasteiger partial charge >= 0.3 is 0 Å². The monoisotopic (exact) mass is 192 g/mol. The Bertz CT molecular complexity index is 104. The lowest BCUT2D eigenvalue weighted by molar-refractivity contribution is -0.124. The normalized spacial score (nSPS) is 14.4. The van der Waals surface area contributed by atoms with E-state index in [-0.39, 0.29) is 0 Å². The van der Waals surface area contributed by atoms with Gasteiger partial charge in [0.1, 0.15) is 6.17 Å². The summed E-state index contributed by atoms with van der Waals surface area (Å²) in [5.41, 5.74) is 4.85. The maximum absolute atomic E-state index is 11.8. The van der Waals surface area contributed by atoms with Crippen LogP contribution in [-0.2, 0) is 4.79 Å². The van der Waals surface area contributed by atoms with E-state index in [2.05, 4.69) is 13.8 Å². The molecule has 0 aromatic carbocycles. The first-order chi connectivity index (χ1) is 6.15. The summed E-state index contributed by atoms with van der Waals surface area (Å²) in [7, 11) is 0. The van der Waals surface area contributed by atoms with Crippen LogP contribution in [0.3, 0.4) is 0 Å². The summed E-state index contributed by atoms with van der Waals surface area (Å²) < 4.78 is 11.8. The second-order valence-electron chi connectivity index (χ2n) is 2.77. The van der Waals surface area contributed by atoms with E-state index in [0.29, 0.717) is 19.5 Å². The van der Waals surface area contributed by atoms with Crippen LogP contribution in [-0.4, -0.2) is 37.1 Å². The molecule has 0 spiro atoms. The third kappa shape index (κ3) is 11.4. The molecule has 1 fully saturated rings. The molecule has 0 aromatic heterocycles. The Hall–Kier alpha value is -0.640. The van der Waals surface area contributed by atoms with Crippen molar-refractivity contribution in [3.05, 3.63) is 0 Å². The van der Waals surface area contributed by atoms with E-state index in [9.17, 15) is 9.18 Å². The lowest BCUT2D eigenvalue weighted by Crippen LogP contribution is -2.47. The first-order valence-corrected chi connectivity index (χ1v) is 4.69. The highest BCUT2D eigenvalue weighted by Crippen LogP contribution is 2.06. The van der Waals surface area contributed by atoms with Crippen LogP contribution in [0, 0.1) is 0 Å². The van der Waals surface area contributed by atoms with Crippen molar-refractivity contribution < 1.29 is 9.18 Å². The molecule has 4 heteroatoms. The lowest BCUT2D eigenvalue weighted by atomic mass is 10.2. The van der Waals surface area contributed by atoms with Crippen molar-refractivity contribution in [2.45, 2.75) is 33.4 Å². The quantitative estimate of drug-likeness (QED) is 0.634. The van der Waals surface area contributed by atoms with Gasteiger partial charge in [0.15, 0.2) is 0 Å². The SMILES string of the molecule is CCC.CCN.O=CN1CC(F)C1. The van der Waals surface area contributed by atoms with Crippen LogP contribution in [0.2, 0.25) is 0 Å². The van der Waals surface area contributed by atoms with Crippen LogP contribution >= 0.6 is 0 Å². The molecule has 0 aliphatic carbocycles. The molecule has 2 N–H and O–H groups in total. The fourth-order valence-electron chi connectivity index (χ4n) is 0.542. The summed E-state index contributed by atoms with van der Waals surface area (Å²) in [6.07, 6.45) is 1.15. The first kappa shape index (κ1) is 14.9. The topological polar surface area (TPSA) is 46.3 Å². The van der Waals surface area contributed by atoms with Gasteiger partial charge in [-0.3, -0.25) is 4.79 Å². The Kier molecular flexibility index (Phi) is 13.0. The Morgan fingerprint density at radius 2 is 1.77 bits per heavy atom. The number of halogens is 1. The van der Waals surface area contributed by atoms with Crippen LogP contribution in [0.25, 0.3) is 0 Å². The summed E-state index contributed by atoms with van der Waals surface area (Å²) >= 11 is 0. The maximum Gasteiger partial charge on any atom is 0.209 e. The largest absolute Gasteiger partial charge is 0.339 e. The zero-order valence-corrected chi connectivity index (χ0v) is 8.79. The Morgan fingerprint density at radius 3 is 1.85 bits per heavy atom. The molecule has 1 aliphatic heterocycles. The van der Waals surface area contributed by atoms with E-state index < -0.39 is 6.17 Å². The first-order valence-electron chi connectivity index (χ1n) is 4.69. The van der Waals surface area contributed by atoms with Crippen LogP contribution in [0.15, 0.2) is 0 Å². The highest BCUT2D eigenvalue weighted by molar-refractivity contribution is 5.48. The van der Waals surface area contributed by atoms with Gasteiger partial charge in [0, 0.05) is 0 Å². The number of likely N-dealkylation sites (tertiary alicyclic amines) is 1. The standard InChI is InChI=1S/C4H6FNO.C3H8.C2H7N/c5-4-1-6(2-4)3-7;1-3-2;1-2-3/h3-4H,1-2H2;3H2,1-2H3;2-3H2,1H3. The molecule has 1 saturated heterocycles. The number of nitrogens with zero attached hydrogens (tertiary/aromatic N) is 1. The van der Waals surface area contributed by atoms with Crippen molar-refractivity contribution >= 4 is 6.41 Å². The molecule has 0 saturated carbocycles. The third-order valence-corrected chi connectivity index (χ3v) is 1.01. The molecular weight excluding hydrogens is 171 g/mol. The highest BCUT2D eigenvalue weighted by Gasteiger charge is 2.23. The van der Waals surface area contributed by atoms with Gasteiger partial charge in [-0.1, -0.05) is 27.2 Å². The van der Waals surface area contributed by atoms with Crippen LogP contribution in [0.5, 0.6) is 0 Å². The Morgan fingerprint density at radius 1 is 1.46 bits per heavy atom. The average molecular weight is 192 g/mol. The molecule has 1 rings (SSSR count). The van der Waals surface area contributed by atoms with Gasteiger partial charge in [-0.25, -0.2) is 4.39 Å². The van der Waals surface area contributed by atoms with Crippen LogP contribution in [0.4, 0.5) is 4.39 Å². The van der Waals surface area contributed by atoms with Gasteiger partial charge in [0.2, 0.25) is 6.41 Å². The second kappa shape index (κ2) is 11.4. The molecule has 0 atom stereocenters. The average Bonchev–Trinajstić information content (AvgIpc) is 2.02. The van der Waals surface area contributed by atoms with Gasteiger partial charge < -0.3 is 10.6 Å². The Balaban J connectivity index is 0. The molecule has 3 nitrogen and oxygen atoms in total. The number of nitrogens with two attached hydrogens (primary N) is 1. The minimum atomic E-state index is -0.759. The van der Waals surface area contributed by atoms with E-state index in [4.69, 9.17) is 5.73 Å². The molecule has 13 heavy (non-hydrogen) atoms. The van der Waals surface area contributed by atoms with Crippen molar-refractivity contribution in [2.24, 2.45) is 5.73 Å². The number of hydrogen-bond donors (Lipinski definition) is 1. The number of hydrogen-bond acceptors (Lipinski definition) is 2. The molecular formula is C9H21FN2O. The van der Waals surface area contributed by atoms with Gasteiger partial charge in [-0.2, -0.15) is 0 Å². The van der Waals surface area contributed by atoms with Gasteiger partial charge in [0.05, 0.1) is 13.1 Å². The smallest absolute Gasteiger partial charge is 0.209 e. The predicted octanol–water partition coefficient (Wildman–Crippen LogP) is 1.18. The molecule has 0 unspecified atom stereocenters. The predicted molar refractivity (Wildman–Crippen MR) is 53.2 cm³/mol. The fraction of sp³-hybridized carbons (Fsp3) is 0.889.